The number of ether oxygens (including phenoxy) is 1. The van der Waals surface area contributed by atoms with Crippen molar-refractivity contribution in [3.63, 3.8) is 0 Å². The summed E-state index contributed by atoms with van der Waals surface area (Å²) in [5.41, 5.74) is -0.554. The summed E-state index contributed by atoms with van der Waals surface area (Å²) in [5.74, 6) is -0.761. The number of nitrogens with one attached hydrogen (secondary N) is 2. The number of hydrogen-bond donors (Lipinski definition) is 3. The second-order valence-electron chi connectivity index (χ2n) is 6.50. The fourth-order valence-corrected chi connectivity index (χ4v) is 2.85. The highest BCUT2D eigenvalue weighted by molar-refractivity contribution is 5.78. The highest BCUT2D eigenvalue weighted by Gasteiger charge is 2.29. The average molecular weight is 361 g/mol. The molecule has 8 nitrogen and oxygen atoms in total. The third-order valence-corrected chi connectivity index (χ3v) is 3.92. The van der Waals surface area contributed by atoms with Gasteiger partial charge in [0.05, 0.1) is 29.5 Å². The number of aliphatic carboxylic acids is 1. The third kappa shape index (κ3) is 5.38. The SMILES string of the molecule is COCC(C)(CC(=O)O)NC(=O)CCCc1nc2ccccc2c(=O)[nH]1. The number of H-pyrrole nitrogens is 1. The maximum absolute atomic E-state index is 12.1. The van der Waals surface area contributed by atoms with Crippen molar-refractivity contribution in [2.75, 3.05) is 13.7 Å². The summed E-state index contributed by atoms with van der Waals surface area (Å²) < 4.78 is 5.01. The quantitative estimate of drug-likeness (QED) is 0.618. The number of carbonyl (C=O) groups is 2. The molecule has 0 spiro atoms. The van der Waals surface area contributed by atoms with Crippen LogP contribution in [-0.4, -0.2) is 46.2 Å². The molecule has 2 aromatic rings. The van der Waals surface area contributed by atoms with Gasteiger partial charge in [-0.2, -0.15) is 0 Å². The molecule has 0 aliphatic carbocycles. The molecule has 1 heterocycles. The minimum absolute atomic E-state index is 0.102. The van der Waals surface area contributed by atoms with E-state index in [4.69, 9.17) is 9.84 Å². The van der Waals surface area contributed by atoms with E-state index in [0.29, 0.717) is 29.6 Å². The summed E-state index contributed by atoms with van der Waals surface area (Å²) in [5, 5.41) is 12.2. The average Bonchev–Trinajstić information content (AvgIpc) is 2.54. The van der Waals surface area contributed by atoms with Gasteiger partial charge in [-0.1, -0.05) is 12.1 Å². The lowest BCUT2D eigenvalue weighted by Gasteiger charge is -2.28. The van der Waals surface area contributed by atoms with E-state index < -0.39 is 11.5 Å². The second kappa shape index (κ2) is 8.57. The van der Waals surface area contributed by atoms with Crippen LogP contribution in [0.1, 0.15) is 32.0 Å². The fraction of sp³-hybridized carbons (Fsp3) is 0.444. The Labute approximate surface area is 150 Å². The van der Waals surface area contributed by atoms with Crippen LogP contribution in [0.2, 0.25) is 0 Å². The van der Waals surface area contributed by atoms with E-state index >= 15 is 0 Å². The molecule has 0 radical (unpaired) electrons. The fourth-order valence-electron chi connectivity index (χ4n) is 2.85. The molecule has 0 aliphatic rings. The molecule has 0 saturated heterocycles. The van der Waals surface area contributed by atoms with Crippen molar-refractivity contribution in [1.82, 2.24) is 15.3 Å². The number of carbonyl (C=O) groups excluding carboxylic acids is 1. The molecule has 1 unspecified atom stereocenters. The standard InChI is InChI=1S/C18H23N3O5/c1-18(11-26-2,10-16(23)24)21-15(22)9-5-8-14-19-13-7-4-3-6-12(13)17(25)20-14/h3-4,6-7H,5,8-11H2,1-2H3,(H,21,22)(H,23,24)(H,19,20,25). The molecular weight excluding hydrogens is 338 g/mol. The van der Waals surface area contributed by atoms with Crippen molar-refractivity contribution in [3.05, 3.63) is 40.4 Å². The molecule has 0 saturated carbocycles. The van der Waals surface area contributed by atoms with E-state index in [1.807, 2.05) is 6.07 Å². The van der Waals surface area contributed by atoms with Crippen LogP contribution in [0.5, 0.6) is 0 Å². The number of fused-ring (bicyclic) bond motifs is 1. The van der Waals surface area contributed by atoms with Gasteiger partial charge in [0.2, 0.25) is 5.91 Å². The number of hydrogen-bond acceptors (Lipinski definition) is 5. The first-order valence-electron chi connectivity index (χ1n) is 8.33. The minimum atomic E-state index is -1.01. The number of para-hydroxylation sites is 1. The summed E-state index contributed by atoms with van der Waals surface area (Å²) in [6.07, 6.45) is 0.873. The van der Waals surface area contributed by atoms with E-state index in [9.17, 15) is 14.4 Å². The summed E-state index contributed by atoms with van der Waals surface area (Å²) in [6.45, 7) is 1.73. The molecule has 26 heavy (non-hydrogen) atoms. The number of amides is 1. The molecule has 3 N–H and O–H groups in total. The Kier molecular flexibility index (Phi) is 6.46. The Morgan fingerprint density at radius 2 is 2.08 bits per heavy atom. The summed E-state index contributed by atoms with van der Waals surface area (Å²) in [4.78, 5) is 42.2. The number of carboxylic acid groups (broad SMARTS) is 1. The van der Waals surface area contributed by atoms with Gasteiger partial charge in [-0.05, 0) is 25.5 Å². The number of rotatable bonds is 9. The van der Waals surface area contributed by atoms with Gasteiger partial charge in [0.1, 0.15) is 5.82 Å². The number of methoxy groups -OCH3 is 1. The molecule has 0 aliphatic heterocycles. The zero-order chi connectivity index (χ0) is 19.2. The summed E-state index contributed by atoms with van der Waals surface area (Å²) in [6, 6.07) is 7.06. The van der Waals surface area contributed by atoms with E-state index in [1.165, 1.54) is 7.11 Å². The number of benzene rings is 1. The normalized spacial score (nSPS) is 13.3. The lowest BCUT2D eigenvalue weighted by atomic mass is 9.98. The maximum Gasteiger partial charge on any atom is 0.305 e. The molecule has 0 bridgehead atoms. The van der Waals surface area contributed by atoms with Crippen molar-refractivity contribution in [2.45, 2.75) is 38.1 Å². The minimum Gasteiger partial charge on any atom is -0.481 e. The summed E-state index contributed by atoms with van der Waals surface area (Å²) in [7, 11) is 1.45. The van der Waals surface area contributed by atoms with E-state index in [1.54, 1.807) is 25.1 Å². The van der Waals surface area contributed by atoms with Gasteiger partial charge in [-0.3, -0.25) is 14.4 Å². The highest BCUT2D eigenvalue weighted by atomic mass is 16.5. The third-order valence-electron chi connectivity index (χ3n) is 3.92. The van der Waals surface area contributed by atoms with E-state index in [0.717, 1.165) is 0 Å². The Bertz CT molecular complexity index is 848. The monoisotopic (exact) mass is 361 g/mol. The lowest BCUT2D eigenvalue weighted by Crippen LogP contribution is -2.50. The molecule has 0 fully saturated rings. The number of carboxylic acids is 1. The first-order valence-corrected chi connectivity index (χ1v) is 8.33. The van der Waals surface area contributed by atoms with Crippen LogP contribution in [0.25, 0.3) is 10.9 Å². The van der Waals surface area contributed by atoms with Crippen LogP contribution in [0.15, 0.2) is 29.1 Å². The zero-order valence-electron chi connectivity index (χ0n) is 14.9. The van der Waals surface area contributed by atoms with Crippen LogP contribution >= 0.6 is 0 Å². The van der Waals surface area contributed by atoms with E-state index in [-0.39, 0.29) is 30.9 Å². The van der Waals surface area contributed by atoms with Crippen molar-refractivity contribution >= 4 is 22.8 Å². The Balaban J connectivity index is 1.93. The largest absolute Gasteiger partial charge is 0.481 e. The Morgan fingerprint density at radius 1 is 1.35 bits per heavy atom. The molecule has 140 valence electrons. The predicted molar refractivity (Wildman–Crippen MR) is 96.0 cm³/mol. The molecule has 1 aromatic heterocycles. The number of nitrogens with zero attached hydrogens (tertiary/aromatic N) is 1. The number of aromatic amines is 1. The lowest BCUT2D eigenvalue weighted by molar-refractivity contribution is -0.139. The van der Waals surface area contributed by atoms with Crippen molar-refractivity contribution in [1.29, 1.82) is 0 Å². The van der Waals surface area contributed by atoms with Gasteiger partial charge in [0.25, 0.3) is 5.56 Å². The van der Waals surface area contributed by atoms with Crippen LogP contribution in [0.4, 0.5) is 0 Å². The number of aryl methyl sites for hydroxylation is 1. The van der Waals surface area contributed by atoms with Gasteiger partial charge in [0, 0.05) is 20.0 Å². The van der Waals surface area contributed by atoms with Gasteiger partial charge >= 0.3 is 5.97 Å². The van der Waals surface area contributed by atoms with Crippen LogP contribution < -0.4 is 10.9 Å². The molecule has 1 amide bonds. The Hall–Kier alpha value is -2.74. The highest BCUT2D eigenvalue weighted by Crippen LogP contribution is 2.12. The Morgan fingerprint density at radius 3 is 2.77 bits per heavy atom. The second-order valence-corrected chi connectivity index (χ2v) is 6.50. The topological polar surface area (TPSA) is 121 Å². The van der Waals surface area contributed by atoms with Gasteiger partial charge < -0.3 is 20.1 Å². The smallest absolute Gasteiger partial charge is 0.305 e. The first-order chi connectivity index (χ1) is 12.3. The number of aromatic nitrogens is 2. The molecular formula is C18H23N3O5. The van der Waals surface area contributed by atoms with E-state index in [2.05, 4.69) is 15.3 Å². The molecule has 2 rings (SSSR count). The predicted octanol–water partition coefficient (Wildman–Crippen LogP) is 1.24. The molecule has 1 aromatic carbocycles. The molecule has 8 heteroatoms. The van der Waals surface area contributed by atoms with Crippen molar-refractivity contribution in [2.24, 2.45) is 0 Å². The first kappa shape index (κ1) is 19.6. The maximum atomic E-state index is 12.1. The van der Waals surface area contributed by atoms with Crippen molar-refractivity contribution < 1.29 is 19.4 Å². The van der Waals surface area contributed by atoms with Gasteiger partial charge in [-0.25, -0.2) is 4.98 Å². The molecule has 1 atom stereocenters. The van der Waals surface area contributed by atoms with Crippen LogP contribution in [-0.2, 0) is 20.7 Å². The zero-order valence-corrected chi connectivity index (χ0v) is 14.9. The van der Waals surface area contributed by atoms with Gasteiger partial charge in [0.15, 0.2) is 0 Å². The van der Waals surface area contributed by atoms with Crippen LogP contribution in [0.3, 0.4) is 0 Å². The van der Waals surface area contributed by atoms with Crippen LogP contribution in [0, 0.1) is 0 Å². The van der Waals surface area contributed by atoms with Gasteiger partial charge in [-0.15, -0.1) is 0 Å². The summed E-state index contributed by atoms with van der Waals surface area (Å²) >= 11 is 0. The van der Waals surface area contributed by atoms with Crippen molar-refractivity contribution in [3.8, 4) is 0 Å².